The van der Waals surface area contributed by atoms with E-state index in [-0.39, 0.29) is 43.2 Å². The summed E-state index contributed by atoms with van der Waals surface area (Å²) < 4.78 is 25.8. The van der Waals surface area contributed by atoms with Gasteiger partial charge < -0.3 is 29.4 Å². The van der Waals surface area contributed by atoms with Crippen LogP contribution in [0.25, 0.3) is 11.3 Å². The van der Waals surface area contributed by atoms with Gasteiger partial charge in [-0.1, -0.05) is 0 Å². The molecule has 1 atom stereocenters. The van der Waals surface area contributed by atoms with Gasteiger partial charge in [0.15, 0.2) is 13.1 Å². The smallest absolute Gasteiger partial charge is 0.342 e. The van der Waals surface area contributed by atoms with Crippen LogP contribution in [0.4, 0.5) is 5.82 Å². The summed E-state index contributed by atoms with van der Waals surface area (Å²) in [6.07, 6.45) is -0.379. The first kappa shape index (κ1) is 23.1. The molecule has 30 heavy (non-hydrogen) atoms. The third-order valence-corrected chi connectivity index (χ3v) is 4.03. The zero-order chi connectivity index (χ0) is 22.1. The number of benzene rings is 1. The lowest BCUT2D eigenvalue weighted by atomic mass is 10.0. The van der Waals surface area contributed by atoms with E-state index < -0.39 is 11.9 Å². The molecule has 0 spiro atoms. The molecule has 0 saturated heterocycles. The first-order valence-electron chi connectivity index (χ1n) is 9.43. The van der Waals surface area contributed by atoms with Crippen LogP contribution in [0.2, 0.25) is 0 Å². The minimum absolute atomic E-state index is 0.0000738. The topological polar surface area (TPSA) is 119 Å². The van der Waals surface area contributed by atoms with E-state index in [1.165, 1.54) is 13.2 Å². The molecule has 1 unspecified atom stereocenters. The largest absolute Gasteiger partial charge is 0.467 e. The van der Waals surface area contributed by atoms with Crippen LogP contribution in [0.15, 0.2) is 30.3 Å². The third-order valence-electron chi connectivity index (χ3n) is 4.03. The molecular formula is C21H26N2O7. The Morgan fingerprint density at radius 3 is 2.30 bits per heavy atom. The van der Waals surface area contributed by atoms with Gasteiger partial charge in [0.05, 0.1) is 24.5 Å². The number of methoxy groups -OCH3 is 1. The van der Waals surface area contributed by atoms with E-state index in [9.17, 15) is 9.59 Å². The standard InChI is InChI=1S/C21H26N2O7/c1-5-27-20(24)16-11-17(23-19(22)18(16)21(25)28-6-2)14-7-9-15(10-8-14)30-12-29-13(3)26-4/h7-11,13H,5-6,12H2,1-4H3,(H2,22,23). The summed E-state index contributed by atoms with van der Waals surface area (Å²) in [4.78, 5) is 28.9. The highest BCUT2D eigenvalue weighted by Crippen LogP contribution is 2.27. The van der Waals surface area contributed by atoms with Crippen LogP contribution in [0.5, 0.6) is 5.75 Å². The summed E-state index contributed by atoms with van der Waals surface area (Å²) >= 11 is 0. The van der Waals surface area contributed by atoms with Crippen molar-refractivity contribution in [2.45, 2.75) is 27.1 Å². The van der Waals surface area contributed by atoms with Gasteiger partial charge in [-0.25, -0.2) is 14.6 Å². The molecule has 9 heteroatoms. The summed E-state index contributed by atoms with van der Waals surface area (Å²) in [6.45, 7) is 5.39. The first-order valence-corrected chi connectivity index (χ1v) is 9.43. The second-order valence-corrected chi connectivity index (χ2v) is 6.01. The molecule has 2 aromatic rings. The molecule has 2 N–H and O–H groups in total. The second kappa shape index (κ2) is 11.1. The van der Waals surface area contributed by atoms with Crippen molar-refractivity contribution in [3.63, 3.8) is 0 Å². The first-order chi connectivity index (χ1) is 14.4. The number of hydrogen-bond acceptors (Lipinski definition) is 9. The Balaban J connectivity index is 2.30. The molecule has 2 rings (SSSR count). The number of esters is 2. The predicted molar refractivity (Wildman–Crippen MR) is 109 cm³/mol. The Hall–Kier alpha value is -3.17. The van der Waals surface area contributed by atoms with Crippen LogP contribution >= 0.6 is 0 Å². The van der Waals surface area contributed by atoms with Crippen molar-refractivity contribution in [2.75, 3.05) is 32.9 Å². The summed E-state index contributed by atoms with van der Waals surface area (Å²) in [6, 6.07) is 8.39. The molecule has 0 aliphatic rings. The second-order valence-electron chi connectivity index (χ2n) is 6.01. The van der Waals surface area contributed by atoms with E-state index in [1.54, 1.807) is 45.0 Å². The van der Waals surface area contributed by atoms with E-state index in [2.05, 4.69) is 4.98 Å². The van der Waals surface area contributed by atoms with E-state index in [0.29, 0.717) is 17.0 Å². The maximum absolute atomic E-state index is 12.4. The third kappa shape index (κ3) is 5.91. The van der Waals surface area contributed by atoms with Crippen molar-refractivity contribution < 1.29 is 33.3 Å². The van der Waals surface area contributed by atoms with Crippen LogP contribution in [-0.2, 0) is 18.9 Å². The van der Waals surface area contributed by atoms with Gasteiger partial charge in [-0.3, -0.25) is 0 Å². The molecular weight excluding hydrogens is 392 g/mol. The molecule has 1 aromatic heterocycles. The van der Waals surface area contributed by atoms with Crippen molar-refractivity contribution in [3.8, 4) is 17.0 Å². The van der Waals surface area contributed by atoms with E-state index >= 15 is 0 Å². The van der Waals surface area contributed by atoms with Crippen LogP contribution < -0.4 is 10.5 Å². The van der Waals surface area contributed by atoms with E-state index in [0.717, 1.165) is 0 Å². The Labute approximate surface area is 175 Å². The zero-order valence-electron chi connectivity index (χ0n) is 17.5. The molecule has 1 heterocycles. The van der Waals surface area contributed by atoms with Gasteiger partial charge in [-0.2, -0.15) is 0 Å². The lowest BCUT2D eigenvalue weighted by molar-refractivity contribution is -0.149. The Bertz CT molecular complexity index is 868. The maximum Gasteiger partial charge on any atom is 0.342 e. The normalized spacial score (nSPS) is 11.6. The monoisotopic (exact) mass is 418 g/mol. The van der Waals surface area contributed by atoms with E-state index in [4.69, 9.17) is 29.4 Å². The van der Waals surface area contributed by atoms with Crippen molar-refractivity contribution in [1.82, 2.24) is 4.98 Å². The number of ether oxygens (including phenoxy) is 5. The fraction of sp³-hybridized carbons (Fsp3) is 0.381. The number of carbonyl (C=O) groups excluding carboxylic acids is 2. The highest BCUT2D eigenvalue weighted by Gasteiger charge is 2.25. The number of carbonyl (C=O) groups is 2. The average Bonchev–Trinajstić information content (AvgIpc) is 2.73. The summed E-state index contributed by atoms with van der Waals surface area (Å²) in [5, 5.41) is 0. The van der Waals surface area contributed by atoms with Gasteiger partial charge in [0.1, 0.15) is 17.1 Å². The number of nitrogens with zero attached hydrogens (tertiary/aromatic N) is 1. The highest BCUT2D eigenvalue weighted by molar-refractivity contribution is 6.07. The van der Waals surface area contributed by atoms with Crippen molar-refractivity contribution >= 4 is 17.8 Å². The number of aromatic nitrogens is 1. The van der Waals surface area contributed by atoms with Crippen LogP contribution in [0, 0.1) is 0 Å². The number of nitrogens with two attached hydrogens (primary N) is 1. The van der Waals surface area contributed by atoms with Gasteiger partial charge in [-0.05, 0) is 51.1 Å². The minimum atomic E-state index is -0.730. The van der Waals surface area contributed by atoms with Gasteiger partial charge in [0.25, 0.3) is 0 Å². The lowest BCUT2D eigenvalue weighted by Gasteiger charge is -2.13. The summed E-state index contributed by atoms with van der Waals surface area (Å²) in [5.74, 6) is -0.952. The Morgan fingerprint density at radius 2 is 1.70 bits per heavy atom. The van der Waals surface area contributed by atoms with Crippen molar-refractivity contribution in [2.24, 2.45) is 0 Å². The number of nitrogen functional groups attached to an aromatic ring is 1. The number of rotatable bonds is 10. The van der Waals surface area contributed by atoms with Crippen LogP contribution in [-0.4, -0.2) is 50.3 Å². The fourth-order valence-electron chi connectivity index (χ4n) is 2.49. The quantitative estimate of drug-likeness (QED) is 0.458. The van der Waals surface area contributed by atoms with Crippen LogP contribution in [0.3, 0.4) is 0 Å². The van der Waals surface area contributed by atoms with Gasteiger partial charge in [0, 0.05) is 12.7 Å². The molecule has 0 aliphatic heterocycles. The lowest BCUT2D eigenvalue weighted by Crippen LogP contribution is -2.18. The van der Waals surface area contributed by atoms with Crippen molar-refractivity contribution in [3.05, 3.63) is 41.5 Å². The number of hydrogen-bond donors (Lipinski definition) is 1. The van der Waals surface area contributed by atoms with Gasteiger partial charge >= 0.3 is 11.9 Å². The number of anilines is 1. The Morgan fingerprint density at radius 1 is 1.07 bits per heavy atom. The molecule has 0 aliphatic carbocycles. The zero-order valence-corrected chi connectivity index (χ0v) is 17.5. The minimum Gasteiger partial charge on any atom is -0.467 e. The molecule has 0 radical (unpaired) electrons. The average molecular weight is 418 g/mol. The summed E-state index contributed by atoms with van der Waals surface area (Å²) in [7, 11) is 1.54. The van der Waals surface area contributed by atoms with Crippen LogP contribution in [0.1, 0.15) is 41.5 Å². The molecule has 162 valence electrons. The molecule has 1 aromatic carbocycles. The molecule has 9 nitrogen and oxygen atoms in total. The predicted octanol–water partition coefficient (Wildman–Crippen LogP) is 3.03. The Kier molecular flexibility index (Phi) is 8.57. The van der Waals surface area contributed by atoms with Gasteiger partial charge in [0.2, 0.25) is 0 Å². The maximum atomic E-state index is 12.4. The number of pyridine rings is 1. The molecule has 0 saturated carbocycles. The van der Waals surface area contributed by atoms with Crippen molar-refractivity contribution in [1.29, 1.82) is 0 Å². The fourth-order valence-corrected chi connectivity index (χ4v) is 2.49. The molecule has 0 fully saturated rings. The molecule has 0 amide bonds. The van der Waals surface area contributed by atoms with E-state index in [1.807, 2.05) is 0 Å². The SMILES string of the molecule is CCOC(=O)c1cc(-c2ccc(OCOC(C)OC)cc2)nc(N)c1C(=O)OCC. The highest BCUT2D eigenvalue weighted by atomic mass is 16.7. The van der Waals surface area contributed by atoms with Gasteiger partial charge in [-0.15, -0.1) is 0 Å². The molecule has 0 bridgehead atoms. The summed E-state index contributed by atoms with van der Waals surface area (Å²) in [5.41, 5.74) is 6.95.